The molecule has 0 aliphatic rings. The van der Waals surface area contributed by atoms with Gasteiger partial charge in [-0.3, -0.25) is 0 Å². The average molecular weight is 301 g/mol. The molecule has 0 spiro atoms. The summed E-state index contributed by atoms with van der Waals surface area (Å²) < 4.78 is 31.1. The summed E-state index contributed by atoms with van der Waals surface area (Å²) in [5.74, 6) is -1.67. The van der Waals surface area contributed by atoms with Gasteiger partial charge in [0, 0.05) is 12.6 Å². The quantitative estimate of drug-likeness (QED) is 0.917. The van der Waals surface area contributed by atoms with E-state index in [2.05, 4.69) is 20.3 Å². The van der Waals surface area contributed by atoms with Gasteiger partial charge in [0.25, 0.3) is 0 Å². The highest BCUT2D eigenvalue weighted by atomic mass is 35.5. The molecule has 0 saturated carbocycles. The van der Waals surface area contributed by atoms with Crippen molar-refractivity contribution in [1.29, 1.82) is 0 Å². The minimum Gasteiger partial charge on any atom is -0.424 e. The van der Waals surface area contributed by atoms with Crippen LogP contribution in [0.3, 0.4) is 0 Å². The van der Waals surface area contributed by atoms with Gasteiger partial charge in [-0.15, -0.1) is 0 Å². The molecular weight excluding hydrogens is 290 g/mol. The molecule has 0 amide bonds. The van der Waals surface area contributed by atoms with Gasteiger partial charge < -0.3 is 10.1 Å². The van der Waals surface area contributed by atoms with Crippen molar-refractivity contribution >= 4 is 17.5 Å². The van der Waals surface area contributed by atoms with E-state index in [-0.39, 0.29) is 23.0 Å². The number of anilines is 1. The molecule has 0 bridgehead atoms. The fourth-order valence-corrected chi connectivity index (χ4v) is 1.49. The van der Waals surface area contributed by atoms with Gasteiger partial charge in [-0.25, -0.2) is 8.78 Å². The molecule has 2 rings (SSSR count). The van der Waals surface area contributed by atoms with Crippen molar-refractivity contribution in [2.45, 2.75) is 13.3 Å². The van der Waals surface area contributed by atoms with Crippen molar-refractivity contribution in [3.05, 3.63) is 35.1 Å². The Kier molecular flexibility index (Phi) is 4.62. The van der Waals surface area contributed by atoms with Gasteiger partial charge in [0.05, 0.1) is 0 Å². The Balaban J connectivity index is 2.19. The van der Waals surface area contributed by atoms with Crippen LogP contribution in [0.4, 0.5) is 14.7 Å². The largest absolute Gasteiger partial charge is 0.424 e. The zero-order chi connectivity index (χ0) is 14.5. The standard InChI is InChI=1S/C12H11ClF2N4O/c1-2-5-16-11-17-10(13)18-12(19-11)20-7-3-4-8(14)9(15)6-7/h3-4,6H,2,5H2,1H3,(H,16,17,18,19). The maximum Gasteiger partial charge on any atom is 0.328 e. The van der Waals surface area contributed by atoms with Crippen LogP contribution in [0.15, 0.2) is 18.2 Å². The molecule has 0 aliphatic carbocycles. The van der Waals surface area contributed by atoms with Crippen molar-refractivity contribution in [3.8, 4) is 11.8 Å². The summed E-state index contributed by atoms with van der Waals surface area (Å²) in [6, 6.07) is 3.00. The van der Waals surface area contributed by atoms with Crippen molar-refractivity contribution in [2.75, 3.05) is 11.9 Å². The van der Waals surface area contributed by atoms with E-state index in [9.17, 15) is 8.78 Å². The molecule has 0 atom stereocenters. The lowest BCUT2D eigenvalue weighted by Crippen LogP contribution is -2.06. The van der Waals surface area contributed by atoms with E-state index in [1.54, 1.807) is 0 Å². The molecule has 0 unspecified atom stereocenters. The van der Waals surface area contributed by atoms with Crippen LogP contribution in [0.2, 0.25) is 5.28 Å². The van der Waals surface area contributed by atoms with Gasteiger partial charge in [0.2, 0.25) is 11.2 Å². The fourth-order valence-electron chi connectivity index (χ4n) is 1.34. The van der Waals surface area contributed by atoms with Gasteiger partial charge in [-0.05, 0) is 30.2 Å². The highest BCUT2D eigenvalue weighted by Gasteiger charge is 2.09. The first kappa shape index (κ1) is 14.4. The van der Waals surface area contributed by atoms with Gasteiger partial charge in [0.15, 0.2) is 11.6 Å². The number of hydrogen-bond acceptors (Lipinski definition) is 5. The minimum atomic E-state index is -1.02. The molecule has 1 aromatic heterocycles. The summed E-state index contributed by atoms with van der Waals surface area (Å²) in [5.41, 5.74) is 0. The molecule has 5 nitrogen and oxygen atoms in total. The monoisotopic (exact) mass is 300 g/mol. The van der Waals surface area contributed by atoms with Gasteiger partial charge in [-0.2, -0.15) is 15.0 Å². The molecule has 1 N–H and O–H groups in total. The Morgan fingerprint density at radius 1 is 1.20 bits per heavy atom. The highest BCUT2D eigenvalue weighted by Crippen LogP contribution is 2.21. The van der Waals surface area contributed by atoms with Crippen molar-refractivity contribution in [1.82, 2.24) is 15.0 Å². The van der Waals surface area contributed by atoms with Crippen LogP contribution in [0, 0.1) is 11.6 Å². The van der Waals surface area contributed by atoms with Crippen LogP contribution in [-0.4, -0.2) is 21.5 Å². The predicted molar refractivity (Wildman–Crippen MR) is 70.0 cm³/mol. The fraction of sp³-hybridized carbons (Fsp3) is 0.250. The minimum absolute atomic E-state index is 0.0591. The first-order valence-electron chi connectivity index (χ1n) is 5.87. The maximum atomic E-state index is 13.1. The van der Waals surface area contributed by atoms with Crippen LogP contribution in [0.1, 0.15) is 13.3 Å². The normalized spacial score (nSPS) is 10.4. The Labute approximate surface area is 119 Å². The van der Waals surface area contributed by atoms with Crippen LogP contribution < -0.4 is 10.1 Å². The second-order valence-electron chi connectivity index (χ2n) is 3.82. The molecule has 1 heterocycles. The summed E-state index contributed by atoms with van der Waals surface area (Å²) in [6.45, 7) is 2.64. The SMILES string of the molecule is CCCNc1nc(Cl)nc(Oc2ccc(F)c(F)c2)n1. The molecule has 0 aliphatic heterocycles. The number of nitrogens with zero attached hydrogens (tertiary/aromatic N) is 3. The van der Waals surface area contributed by atoms with Crippen LogP contribution >= 0.6 is 11.6 Å². The number of hydrogen-bond donors (Lipinski definition) is 1. The molecule has 20 heavy (non-hydrogen) atoms. The predicted octanol–water partition coefficient (Wildman–Crippen LogP) is 3.42. The second-order valence-corrected chi connectivity index (χ2v) is 4.15. The molecule has 0 radical (unpaired) electrons. The number of nitrogens with one attached hydrogen (secondary N) is 1. The van der Waals surface area contributed by atoms with Gasteiger partial charge in [0.1, 0.15) is 5.75 Å². The summed E-state index contributed by atoms with van der Waals surface area (Å²) >= 11 is 5.74. The topological polar surface area (TPSA) is 59.9 Å². The summed E-state index contributed by atoms with van der Waals surface area (Å²) in [7, 11) is 0. The zero-order valence-corrected chi connectivity index (χ0v) is 11.3. The van der Waals surface area contributed by atoms with Crippen LogP contribution in [0.25, 0.3) is 0 Å². The molecule has 106 valence electrons. The van der Waals surface area contributed by atoms with E-state index >= 15 is 0 Å². The third-order valence-electron chi connectivity index (χ3n) is 2.22. The average Bonchev–Trinajstić information content (AvgIpc) is 2.40. The second kappa shape index (κ2) is 6.42. The summed E-state index contributed by atoms with van der Waals surface area (Å²) in [4.78, 5) is 11.6. The van der Waals surface area contributed by atoms with Gasteiger partial charge in [-0.1, -0.05) is 6.92 Å². The Morgan fingerprint density at radius 3 is 2.70 bits per heavy atom. The first-order chi connectivity index (χ1) is 9.58. The van der Waals surface area contributed by atoms with Gasteiger partial charge >= 0.3 is 6.01 Å². The number of benzene rings is 1. The van der Waals surface area contributed by atoms with Crippen molar-refractivity contribution in [3.63, 3.8) is 0 Å². The Morgan fingerprint density at radius 2 is 2.00 bits per heavy atom. The number of rotatable bonds is 5. The summed E-state index contributed by atoms with van der Waals surface area (Å²) in [5, 5.41) is 2.86. The first-order valence-corrected chi connectivity index (χ1v) is 6.24. The van der Waals surface area contributed by atoms with E-state index in [4.69, 9.17) is 16.3 Å². The van der Waals surface area contributed by atoms with Crippen molar-refractivity contribution < 1.29 is 13.5 Å². The Bertz CT molecular complexity index is 612. The molecule has 1 aromatic carbocycles. The number of halogens is 3. The third kappa shape index (κ3) is 3.74. The van der Waals surface area contributed by atoms with E-state index in [1.165, 1.54) is 6.07 Å². The van der Waals surface area contributed by atoms with Crippen LogP contribution in [0.5, 0.6) is 11.8 Å². The lowest BCUT2D eigenvalue weighted by molar-refractivity contribution is 0.429. The van der Waals surface area contributed by atoms with Crippen LogP contribution in [-0.2, 0) is 0 Å². The third-order valence-corrected chi connectivity index (χ3v) is 2.39. The van der Waals surface area contributed by atoms with E-state index in [0.29, 0.717) is 6.54 Å². The van der Waals surface area contributed by atoms with Crippen molar-refractivity contribution in [2.24, 2.45) is 0 Å². The molecular formula is C12H11ClF2N4O. The Hall–Kier alpha value is -2.02. The molecule has 0 fully saturated rings. The number of ether oxygens (including phenoxy) is 1. The lowest BCUT2D eigenvalue weighted by Gasteiger charge is -2.07. The zero-order valence-electron chi connectivity index (χ0n) is 10.5. The van der Waals surface area contributed by atoms with E-state index in [1.807, 2.05) is 6.92 Å². The van der Waals surface area contributed by atoms with E-state index < -0.39 is 11.6 Å². The molecule has 8 heteroatoms. The maximum absolute atomic E-state index is 13.1. The smallest absolute Gasteiger partial charge is 0.328 e. The molecule has 0 saturated heterocycles. The van der Waals surface area contributed by atoms with E-state index in [0.717, 1.165) is 18.6 Å². The number of aromatic nitrogens is 3. The lowest BCUT2D eigenvalue weighted by atomic mass is 10.3. The highest BCUT2D eigenvalue weighted by molar-refractivity contribution is 6.28. The summed E-state index contributed by atoms with van der Waals surface area (Å²) in [6.07, 6.45) is 0.878. The molecule has 2 aromatic rings.